The lowest BCUT2D eigenvalue weighted by molar-refractivity contribution is -0.146. The Morgan fingerprint density at radius 3 is 2.61 bits per heavy atom. The number of ether oxygens (including phenoxy) is 1. The lowest BCUT2D eigenvalue weighted by Gasteiger charge is -2.14. The third-order valence-corrected chi connectivity index (χ3v) is 2.41. The third kappa shape index (κ3) is 3.80. The molecule has 0 saturated carbocycles. The minimum atomic E-state index is -0.492. The van der Waals surface area contributed by atoms with Crippen LogP contribution >= 0.6 is 0 Å². The standard InChI is InChI=1S/C12H21N3O3/c1-6-17-12(16)10(8(2)3)11-13-9(14-18-11)7-15(4)5/h8,10H,6-7H2,1-5H3. The first-order valence-electron chi connectivity index (χ1n) is 6.09. The Hall–Kier alpha value is -1.43. The summed E-state index contributed by atoms with van der Waals surface area (Å²) in [6, 6.07) is 0. The molecule has 0 aromatic carbocycles. The predicted molar refractivity (Wildman–Crippen MR) is 65.9 cm³/mol. The van der Waals surface area contributed by atoms with E-state index in [9.17, 15) is 4.79 Å². The van der Waals surface area contributed by atoms with Crippen LogP contribution in [-0.4, -0.2) is 41.7 Å². The zero-order chi connectivity index (χ0) is 13.7. The maximum Gasteiger partial charge on any atom is 0.318 e. The summed E-state index contributed by atoms with van der Waals surface area (Å²) in [6.45, 7) is 6.56. The SMILES string of the molecule is CCOC(=O)C(c1nc(CN(C)C)no1)C(C)C. The summed E-state index contributed by atoms with van der Waals surface area (Å²) in [4.78, 5) is 18.0. The van der Waals surface area contributed by atoms with Gasteiger partial charge in [0, 0.05) is 0 Å². The number of carbonyl (C=O) groups is 1. The quantitative estimate of drug-likeness (QED) is 0.716. The molecule has 0 N–H and O–H groups in total. The van der Waals surface area contributed by atoms with Crippen molar-refractivity contribution in [3.63, 3.8) is 0 Å². The number of hydrogen-bond acceptors (Lipinski definition) is 6. The van der Waals surface area contributed by atoms with E-state index in [1.165, 1.54) is 0 Å². The fourth-order valence-electron chi connectivity index (χ4n) is 1.63. The summed E-state index contributed by atoms with van der Waals surface area (Å²) >= 11 is 0. The minimum absolute atomic E-state index is 0.0525. The number of rotatable bonds is 6. The summed E-state index contributed by atoms with van der Waals surface area (Å²) in [6.07, 6.45) is 0. The Bertz CT molecular complexity index is 388. The van der Waals surface area contributed by atoms with Gasteiger partial charge in [-0.2, -0.15) is 4.98 Å². The smallest absolute Gasteiger partial charge is 0.318 e. The summed E-state index contributed by atoms with van der Waals surface area (Å²) in [5, 5.41) is 3.87. The van der Waals surface area contributed by atoms with Gasteiger partial charge in [0.2, 0.25) is 5.89 Å². The highest BCUT2D eigenvalue weighted by atomic mass is 16.5. The van der Waals surface area contributed by atoms with Crippen LogP contribution in [0.4, 0.5) is 0 Å². The molecular weight excluding hydrogens is 234 g/mol. The molecule has 0 aliphatic heterocycles. The molecule has 0 spiro atoms. The van der Waals surface area contributed by atoms with Crippen LogP contribution in [-0.2, 0) is 16.1 Å². The van der Waals surface area contributed by atoms with Gasteiger partial charge in [0.1, 0.15) is 5.92 Å². The van der Waals surface area contributed by atoms with Gasteiger partial charge < -0.3 is 14.2 Å². The van der Waals surface area contributed by atoms with Crippen LogP contribution in [0, 0.1) is 5.92 Å². The third-order valence-electron chi connectivity index (χ3n) is 2.41. The van der Waals surface area contributed by atoms with Crippen LogP contribution in [0.2, 0.25) is 0 Å². The van der Waals surface area contributed by atoms with Gasteiger partial charge in [0.25, 0.3) is 0 Å². The Balaban J connectivity index is 2.86. The Morgan fingerprint density at radius 1 is 1.44 bits per heavy atom. The highest BCUT2D eigenvalue weighted by Gasteiger charge is 2.31. The van der Waals surface area contributed by atoms with E-state index in [4.69, 9.17) is 9.26 Å². The second-order valence-corrected chi connectivity index (χ2v) is 4.76. The Morgan fingerprint density at radius 2 is 2.11 bits per heavy atom. The molecule has 1 atom stereocenters. The van der Waals surface area contributed by atoms with E-state index in [2.05, 4.69) is 10.1 Å². The molecule has 1 aromatic heterocycles. The van der Waals surface area contributed by atoms with Crippen molar-refractivity contribution in [1.82, 2.24) is 15.0 Å². The normalized spacial score (nSPS) is 13.1. The van der Waals surface area contributed by atoms with Crippen molar-refractivity contribution in [3.8, 4) is 0 Å². The molecule has 0 amide bonds. The van der Waals surface area contributed by atoms with Gasteiger partial charge in [-0.15, -0.1) is 0 Å². The number of carbonyl (C=O) groups excluding carboxylic acids is 1. The molecule has 102 valence electrons. The predicted octanol–water partition coefficient (Wildman–Crippen LogP) is 1.43. The van der Waals surface area contributed by atoms with E-state index in [1.807, 2.05) is 32.8 Å². The van der Waals surface area contributed by atoms with E-state index in [-0.39, 0.29) is 11.9 Å². The van der Waals surface area contributed by atoms with Gasteiger partial charge >= 0.3 is 5.97 Å². The van der Waals surface area contributed by atoms with E-state index < -0.39 is 5.92 Å². The summed E-state index contributed by atoms with van der Waals surface area (Å²) in [5.41, 5.74) is 0. The highest BCUT2D eigenvalue weighted by molar-refractivity contribution is 5.77. The van der Waals surface area contributed by atoms with Crippen LogP contribution in [0.25, 0.3) is 0 Å². The number of esters is 1. The lowest BCUT2D eigenvalue weighted by Crippen LogP contribution is -2.21. The Labute approximate surface area is 107 Å². The van der Waals surface area contributed by atoms with Crippen molar-refractivity contribution in [2.45, 2.75) is 33.2 Å². The van der Waals surface area contributed by atoms with Gasteiger partial charge in [-0.3, -0.25) is 4.79 Å². The zero-order valence-corrected chi connectivity index (χ0v) is 11.6. The second-order valence-electron chi connectivity index (χ2n) is 4.76. The molecule has 1 rings (SSSR count). The average molecular weight is 255 g/mol. The summed E-state index contributed by atoms with van der Waals surface area (Å²) < 4.78 is 10.2. The number of hydrogen-bond donors (Lipinski definition) is 0. The largest absolute Gasteiger partial charge is 0.465 e. The van der Waals surface area contributed by atoms with Crippen molar-refractivity contribution < 1.29 is 14.1 Å². The van der Waals surface area contributed by atoms with E-state index in [0.717, 1.165) is 0 Å². The molecule has 0 aliphatic rings. The second kappa shape index (κ2) is 6.49. The monoisotopic (exact) mass is 255 g/mol. The van der Waals surface area contributed by atoms with Crippen LogP contribution in [0.3, 0.4) is 0 Å². The maximum atomic E-state index is 11.9. The van der Waals surface area contributed by atoms with Crippen LogP contribution in [0.5, 0.6) is 0 Å². The summed E-state index contributed by atoms with van der Waals surface area (Å²) in [7, 11) is 3.84. The van der Waals surface area contributed by atoms with Gasteiger partial charge in [-0.05, 0) is 26.9 Å². The molecule has 18 heavy (non-hydrogen) atoms. The fourth-order valence-corrected chi connectivity index (χ4v) is 1.63. The Kier molecular flexibility index (Phi) is 5.27. The molecule has 1 aromatic rings. The number of nitrogens with zero attached hydrogens (tertiary/aromatic N) is 3. The first kappa shape index (κ1) is 14.6. The molecular formula is C12H21N3O3. The number of aromatic nitrogens is 2. The molecule has 0 bridgehead atoms. The molecule has 0 radical (unpaired) electrons. The molecule has 1 unspecified atom stereocenters. The topological polar surface area (TPSA) is 68.5 Å². The van der Waals surface area contributed by atoms with Crippen molar-refractivity contribution in [3.05, 3.63) is 11.7 Å². The van der Waals surface area contributed by atoms with Crippen molar-refractivity contribution >= 4 is 5.97 Å². The highest BCUT2D eigenvalue weighted by Crippen LogP contribution is 2.24. The van der Waals surface area contributed by atoms with Gasteiger partial charge in [-0.1, -0.05) is 19.0 Å². The van der Waals surface area contributed by atoms with E-state index in [0.29, 0.717) is 24.9 Å². The molecule has 0 fully saturated rings. The maximum absolute atomic E-state index is 11.9. The summed E-state index contributed by atoms with van der Waals surface area (Å²) in [5.74, 6) is 0.155. The minimum Gasteiger partial charge on any atom is -0.465 e. The van der Waals surface area contributed by atoms with Gasteiger partial charge in [0.05, 0.1) is 13.2 Å². The van der Waals surface area contributed by atoms with E-state index in [1.54, 1.807) is 6.92 Å². The zero-order valence-electron chi connectivity index (χ0n) is 11.6. The van der Waals surface area contributed by atoms with Crippen molar-refractivity contribution in [2.24, 2.45) is 5.92 Å². The molecule has 0 aliphatic carbocycles. The van der Waals surface area contributed by atoms with Crippen LogP contribution < -0.4 is 0 Å². The van der Waals surface area contributed by atoms with Gasteiger partial charge in [0.15, 0.2) is 5.82 Å². The molecule has 6 heteroatoms. The van der Waals surface area contributed by atoms with Crippen LogP contribution in [0.1, 0.15) is 38.4 Å². The average Bonchev–Trinajstić information content (AvgIpc) is 2.65. The van der Waals surface area contributed by atoms with Crippen LogP contribution in [0.15, 0.2) is 4.52 Å². The van der Waals surface area contributed by atoms with Crippen molar-refractivity contribution in [1.29, 1.82) is 0 Å². The fraction of sp³-hybridized carbons (Fsp3) is 0.750. The van der Waals surface area contributed by atoms with Gasteiger partial charge in [-0.25, -0.2) is 0 Å². The first-order valence-corrected chi connectivity index (χ1v) is 6.09. The molecule has 1 heterocycles. The molecule has 0 saturated heterocycles. The van der Waals surface area contributed by atoms with E-state index >= 15 is 0 Å². The molecule has 6 nitrogen and oxygen atoms in total. The first-order chi connectivity index (χ1) is 8.45. The van der Waals surface area contributed by atoms with Crippen molar-refractivity contribution in [2.75, 3.05) is 20.7 Å². The lowest BCUT2D eigenvalue weighted by atomic mass is 9.96.